The normalized spacial score (nSPS) is 22.7. The Balaban J connectivity index is 1.45. The lowest BCUT2D eigenvalue weighted by atomic mass is 10.1. The van der Waals surface area contributed by atoms with Crippen LogP contribution in [0.25, 0.3) is 0 Å². The Morgan fingerprint density at radius 1 is 1.19 bits per heavy atom. The van der Waals surface area contributed by atoms with Crippen molar-refractivity contribution >= 4 is 11.6 Å². The average Bonchev–Trinajstić information content (AvgIpc) is 2.95. The second-order valence-electron chi connectivity index (χ2n) is 5.97. The molecule has 1 atom stereocenters. The van der Waals surface area contributed by atoms with Crippen molar-refractivity contribution in [2.45, 2.75) is 50.7 Å². The second kappa shape index (κ2) is 7.05. The minimum atomic E-state index is -0.121. The van der Waals surface area contributed by atoms with Crippen LogP contribution in [0.15, 0.2) is 24.3 Å². The summed E-state index contributed by atoms with van der Waals surface area (Å²) in [7, 11) is 0. The van der Waals surface area contributed by atoms with E-state index in [2.05, 4.69) is 16.7 Å². The Labute approximate surface area is 126 Å². The van der Waals surface area contributed by atoms with Crippen LogP contribution in [0.2, 0.25) is 0 Å². The fourth-order valence-electron chi connectivity index (χ4n) is 3.22. The smallest absolute Gasteiger partial charge is 0.241 e. The highest BCUT2D eigenvalue weighted by Crippen LogP contribution is 2.22. The van der Waals surface area contributed by atoms with Gasteiger partial charge in [-0.25, -0.2) is 0 Å². The average molecular weight is 288 g/mol. The van der Waals surface area contributed by atoms with Crippen LogP contribution < -0.4 is 10.6 Å². The van der Waals surface area contributed by atoms with Crippen molar-refractivity contribution in [3.63, 3.8) is 0 Å². The van der Waals surface area contributed by atoms with Crippen molar-refractivity contribution in [1.29, 1.82) is 0 Å². The number of carbonyl (C=O) groups is 1. The molecule has 1 heterocycles. The molecule has 21 heavy (non-hydrogen) atoms. The summed E-state index contributed by atoms with van der Waals surface area (Å²) in [5.41, 5.74) is 2.17. The lowest BCUT2D eigenvalue weighted by molar-refractivity contribution is -0.118. The summed E-state index contributed by atoms with van der Waals surface area (Å²) in [4.78, 5) is 12.2. The van der Waals surface area contributed by atoms with Crippen LogP contribution in [0.1, 0.15) is 37.7 Å². The van der Waals surface area contributed by atoms with Crippen LogP contribution >= 0.6 is 0 Å². The molecule has 0 bridgehead atoms. The summed E-state index contributed by atoms with van der Waals surface area (Å²) in [5.74, 6) is 0.0702. The highest BCUT2D eigenvalue weighted by atomic mass is 16.5. The molecule has 0 spiro atoms. The molecule has 2 aliphatic rings. The highest BCUT2D eigenvalue weighted by molar-refractivity contribution is 5.96. The van der Waals surface area contributed by atoms with Crippen LogP contribution in [-0.4, -0.2) is 31.2 Å². The van der Waals surface area contributed by atoms with Crippen LogP contribution in [0, 0.1) is 0 Å². The maximum atomic E-state index is 12.2. The molecule has 1 amide bonds. The fraction of sp³-hybridized carbons (Fsp3) is 0.588. The van der Waals surface area contributed by atoms with Gasteiger partial charge in [-0.05, 0) is 37.3 Å². The van der Waals surface area contributed by atoms with Crippen molar-refractivity contribution in [2.75, 3.05) is 18.5 Å². The maximum absolute atomic E-state index is 12.2. The predicted molar refractivity (Wildman–Crippen MR) is 83.4 cm³/mol. The predicted octanol–water partition coefficient (Wildman–Crippen LogP) is 2.49. The molecule has 114 valence electrons. The minimum Gasteiger partial charge on any atom is -0.377 e. The Morgan fingerprint density at radius 2 is 2.00 bits per heavy atom. The third-order valence-corrected chi connectivity index (χ3v) is 4.44. The molecule has 4 nitrogen and oxygen atoms in total. The standard InChI is InChI=1S/C17H24N2O2/c20-17-16(18-11-12-21-14-6-2-3-7-14)10-9-13-5-1-4-8-15(13)19-17/h1,4-5,8,14,16,18H,2-3,6-7,9-12H2,(H,19,20). The third kappa shape index (κ3) is 3.83. The largest absolute Gasteiger partial charge is 0.377 e. The molecular weight excluding hydrogens is 264 g/mol. The summed E-state index contributed by atoms with van der Waals surface area (Å²) in [6, 6.07) is 7.92. The number of benzene rings is 1. The summed E-state index contributed by atoms with van der Waals surface area (Å²) < 4.78 is 5.83. The van der Waals surface area contributed by atoms with Gasteiger partial charge in [0.05, 0.1) is 18.8 Å². The molecule has 1 aliphatic heterocycles. The van der Waals surface area contributed by atoms with E-state index in [9.17, 15) is 4.79 Å². The molecule has 1 saturated carbocycles. The van der Waals surface area contributed by atoms with E-state index in [1.165, 1.54) is 31.2 Å². The maximum Gasteiger partial charge on any atom is 0.241 e. The summed E-state index contributed by atoms with van der Waals surface area (Å²) in [6.45, 7) is 1.44. The van der Waals surface area contributed by atoms with Gasteiger partial charge in [0, 0.05) is 12.2 Å². The van der Waals surface area contributed by atoms with Gasteiger partial charge in [-0.1, -0.05) is 31.0 Å². The Hall–Kier alpha value is -1.39. The number of ether oxygens (including phenoxy) is 1. The molecule has 4 heteroatoms. The van der Waals surface area contributed by atoms with Crippen molar-refractivity contribution in [3.8, 4) is 0 Å². The van der Waals surface area contributed by atoms with E-state index in [0.717, 1.165) is 25.1 Å². The van der Waals surface area contributed by atoms with Gasteiger partial charge in [0.1, 0.15) is 0 Å². The zero-order chi connectivity index (χ0) is 14.5. The zero-order valence-electron chi connectivity index (χ0n) is 12.4. The SMILES string of the molecule is O=C1Nc2ccccc2CCC1NCCOC1CCCC1. The van der Waals surface area contributed by atoms with Crippen molar-refractivity contribution in [2.24, 2.45) is 0 Å². The fourth-order valence-corrected chi connectivity index (χ4v) is 3.22. The lowest BCUT2D eigenvalue weighted by Crippen LogP contribution is -2.41. The number of aryl methyl sites for hydroxylation is 1. The van der Waals surface area contributed by atoms with Crippen LogP contribution in [0.3, 0.4) is 0 Å². The third-order valence-electron chi connectivity index (χ3n) is 4.44. The van der Waals surface area contributed by atoms with E-state index in [1.807, 2.05) is 18.2 Å². The van der Waals surface area contributed by atoms with Crippen LogP contribution in [0.4, 0.5) is 5.69 Å². The van der Waals surface area contributed by atoms with E-state index in [1.54, 1.807) is 0 Å². The van der Waals surface area contributed by atoms with Gasteiger partial charge in [-0.3, -0.25) is 4.79 Å². The highest BCUT2D eigenvalue weighted by Gasteiger charge is 2.23. The van der Waals surface area contributed by atoms with E-state index >= 15 is 0 Å². The molecule has 0 saturated heterocycles. The Kier molecular flexibility index (Phi) is 4.88. The number of nitrogens with one attached hydrogen (secondary N) is 2. The quantitative estimate of drug-likeness (QED) is 0.818. The molecule has 0 radical (unpaired) electrons. The van der Waals surface area contributed by atoms with Crippen molar-refractivity contribution in [1.82, 2.24) is 5.32 Å². The number of hydrogen-bond donors (Lipinski definition) is 2. The number of amides is 1. The van der Waals surface area contributed by atoms with Gasteiger partial charge in [0.15, 0.2) is 0 Å². The molecule has 3 rings (SSSR count). The van der Waals surface area contributed by atoms with Gasteiger partial charge in [-0.15, -0.1) is 0 Å². The first-order chi connectivity index (χ1) is 10.3. The molecule has 1 unspecified atom stereocenters. The summed E-state index contributed by atoms with van der Waals surface area (Å²) in [6.07, 6.45) is 7.18. The van der Waals surface area contributed by atoms with E-state index in [-0.39, 0.29) is 11.9 Å². The molecule has 1 aromatic rings. The van der Waals surface area contributed by atoms with E-state index < -0.39 is 0 Å². The van der Waals surface area contributed by atoms with Crippen LogP contribution in [-0.2, 0) is 16.0 Å². The first-order valence-corrected chi connectivity index (χ1v) is 8.07. The number of carbonyl (C=O) groups excluding carboxylic acids is 1. The van der Waals surface area contributed by atoms with Gasteiger partial charge < -0.3 is 15.4 Å². The van der Waals surface area contributed by atoms with E-state index in [4.69, 9.17) is 4.74 Å². The van der Waals surface area contributed by atoms with Crippen LogP contribution in [0.5, 0.6) is 0 Å². The van der Waals surface area contributed by atoms with Gasteiger partial charge in [0.25, 0.3) is 0 Å². The topological polar surface area (TPSA) is 50.4 Å². The number of fused-ring (bicyclic) bond motifs is 1. The first-order valence-electron chi connectivity index (χ1n) is 8.07. The number of rotatable bonds is 5. The molecule has 2 N–H and O–H groups in total. The van der Waals surface area contributed by atoms with E-state index in [0.29, 0.717) is 12.7 Å². The summed E-state index contributed by atoms with van der Waals surface area (Å²) >= 11 is 0. The first kappa shape index (κ1) is 14.5. The van der Waals surface area contributed by atoms with Crippen molar-refractivity contribution < 1.29 is 9.53 Å². The number of para-hydroxylation sites is 1. The molecule has 1 fully saturated rings. The van der Waals surface area contributed by atoms with Gasteiger partial charge in [-0.2, -0.15) is 0 Å². The second-order valence-corrected chi connectivity index (χ2v) is 5.97. The monoisotopic (exact) mass is 288 g/mol. The Morgan fingerprint density at radius 3 is 2.86 bits per heavy atom. The molecular formula is C17H24N2O2. The van der Waals surface area contributed by atoms with Gasteiger partial charge in [0.2, 0.25) is 5.91 Å². The minimum absolute atomic E-state index is 0.0702. The number of hydrogen-bond acceptors (Lipinski definition) is 3. The summed E-state index contributed by atoms with van der Waals surface area (Å²) in [5, 5.41) is 6.35. The lowest BCUT2D eigenvalue weighted by Gasteiger charge is -2.16. The molecule has 0 aromatic heterocycles. The van der Waals surface area contributed by atoms with Gasteiger partial charge >= 0.3 is 0 Å². The van der Waals surface area contributed by atoms with Crippen molar-refractivity contribution in [3.05, 3.63) is 29.8 Å². The molecule has 1 aliphatic carbocycles. The Bertz CT molecular complexity index is 483. The molecule has 1 aromatic carbocycles. The zero-order valence-corrected chi connectivity index (χ0v) is 12.4. The number of anilines is 1.